The van der Waals surface area contributed by atoms with Crippen molar-refractivity contribution in [2.45, 2.75) is 19.8 Å². The smallest absolute Gasteiger partial charge is 0.204 e. The Bertz CT molecular complexity index is 978. The maximum absolute atomic E-state index is 12.7. The number of Topliss-reactive ketones (excluding diaryl/α,β-unsaturated/α-hetero) is 1. The molecule has 2 aliphatic heterocycles. The van der Waals surface area contributed by atoms with Crippen LogP contribution in [0.4, 0.5) is 0 Å². The van der Waals surface area contributed by atoms with Crippen molar-refractivity contribution < 1.29 is 19.4 Å². The average Bonchev–Trinajstić information content (AvgIpc) is 2.71. The third kappa shape index (κ3) is 3.58. The third-order valence-corrected chi connectivity index (χ3v) is 5.43. The number of aryl methyl sites for hydroxylation is 1. The van der Waals surface area contributed by atoms with Gasteiger partial charge in [0.05, 0.1) is 18.8 Å². The van der Waals surface area contributed by atoms with Crippen molar-refractivity contribution in [1.29, 1.82) is 0 Å². The first-order valence-corrected chi connectivity index (χ1v) is 9.68. The van der Waals surface area contributed by atoms with Gasteiger partial charge in [-0.25, -0.2) is 0 Å². The second-order valence-corrected chi connectivity index (χ2v) is 7.45. The van der Waals surface area contributed by atoms with Gasteiger partial charge in [-0.2, -0.15) is 0 Å². The lowest BCUT2D eigenvalue weighted by Crippen LogP contribution is -2.22. The zero-order valence-electron chi connectivity index (χ0n) is 15.6. The van der Waals surface area contributed by atoms with Crippen molar-refractivity contribution >= 4 is 23.0 Å². The number of carbonyl (C=O) groups is 1. The summed E-state index contributed by atoms with van der Waals surface area (Å²) >= 11 is 5.99. The molecule has 0 saturated carbocycles. The molecular weight excluding hydrogens is 376 g/mol. The second kappa shape index (κ2) is 7.82. The zero-order valence-corrected chi connectivity index (χ0v) is 16.4. The number of halogens is 1. The van der Waals surface area contributed by atoms with Crippen molar-refractivity contribution in [3.8, 4) is 11.1 Å². The average molecular weight is 397 g/mol. The van der Waals surface area contributed by atoms with Gasteiger partial charge in [-0.15, -0.1) is 0 Å². The van der Waals surface area contributed by atoms with E-state index < -0.39 is 0 Å². The summed E-state index contributed by atoms with van der Waals surface area (Å²) in [5.41, 5.74) is 4.92. The molecule has 0 amide bonds. The number of hydrogen-bond acceptors (Lipinski definition) is 4. The molecule has 0 aromatic heterocycles. The predicted molar refractivity (Wildman–Crippen MR) is 109 cm³/mol. The van der Waals surface area contributed by atoms with Crippen LogP contribution in [0.15, 0.2) is 59.6 Å². The maximum Gasteiger partial charge on any atom is 0.204 e. The predicted octanol–water partition coefficient (Wildman–Crippen LogP) is 5.25. The molecule has 2 heterocycles. The zero-order chi connectivity index (χ0) is 19.7. The lowest BCUT2D eigenvalue weighted by molar-refractivity contribution is -0.117. The molecule has 1 N–H and O–H groups in total. The summed E-state index contributed by atoms with van der Waals surface area (Å²) in [6.45, 7) is 3.07. The van der Waals surface area contributed by atoms with Crippen LogP contribution in [0.2, 0.25) is 5.02 Å². The Balaban J connectivity index is 1.83. The van der Waals surface area contributed by atoms with Gasteiger partial charge in [0.25, 0.3) is 0 Å². The summed E-state index contributed by atoms with van der Waals surface area (Å²) in [5.74, 6) is 0.156. The number of aliphatic hydroxyl groups is 1. The molecule has 28 heavy (non-hydrogen) atoms. The van der Waals surface area contributed by atoms with Gasteiger partial charge in [0.15, 0.2) is 18.1 Å². The number of ketones is 1. The molecule has 0 bridgehead atoms. The van der Waals surface area contributed by atoms with Crippen LogP contribution in [-0.2, 0) is 14.3 Å². The van der Waals surface area contributed by atoms with E-state index in [1.807, 2.05) is 49.4 Å². The van der Waals surface area contributed by atoms with E-state index in [2.05, 4.69) is 0 Å². The molecule has 4 nitrogen and oxygen atoms in total. The van der Waals surface area contributed by atoms with Crippen molar-refractivity contribution in [1.82, 2.24) is 0 Å². The number of aliphatic hydroxyl groups excluding tert-OH is 1. The SMILES string of the molecule is Cc1ccc(-c2ccc(Cl)cc2)cc1C1=C(O)C(=C2CCOCC2)OCC1=O. The fourth-order valence-corrected chi connectivity index (χ4v) is 3.76. The highest BCUT2D eigenvalue weighted by molar-refractivity contribution is 6.30. The Labute approximate surface area is 169 Å². The largest absolute Gasteiger partial charge is 0.504 e. The number of ether oxygens (including phenoxy) is 2. The summed E-state index contributed by atoms with van der Waals surface area (Å²) in [6, 6.07) is 13.4. The molecule has 2 aliphatic rings. The first kappa shape index (κ1) is 18.8. The minimum atomic E-state index is -0.217. The second-order valence-electron chi connectivity index (χ2n) is 7.02. The van der Waals surface area contributed by atoms with Crippen molar-refractivity contribution in [2.75, 3.05) is 19.8 Å². The highest BCUT2D eigenvalue weighted by Gasteiger charge is 2.30. The Morgan fingerprint density at radius 3 is 2.39 bits per heavy atom. The molecule has 2 aromatic carbocycles. The minimum absolute atomic E-state index is 0.0653. The van der Waals surface area contributed by atoms with Crippen LogP contribution in [0.25, 0.3) is 16.7 Å². The fraction of sp³-hybridized carbons (Fsp3) is 0.261. The number of hydrogen-bond donors (Lipinski definition) is 1. The number of carbonyl (C=O) groups excluding carboxylic acids is 1. The first-order chi connectivity index (χ1) is 13.5. The van der Waals surface area contributed by atoms with Crippen molar-refractivity contribution in [3.05, 3.63) is 75.7 Å². The van der Waals surface area contributed by atoms with Gasteiger partial charge in [0.1, 0.15) is 0 Å². The Morgan fingerprint density at radius 2 is 1.68 bits per heavy atom. The van der Waals surface area contributed by atoms with Gasteiger partial charge in [-0.1, -0.05) is 35.9 Å². The molecule has 1 fully saturated rings. The molecule has 144 valence electrons. The first-order valence-electron chi connectivity index (χ1n) is 9.31. The Kier molecular flexibility index (Phi) is 5.25. The van der Waals surface area contributed by atoms with Gasteiger partial charge < -0.3 is 14.6 Å². The standard InChI is InChI=1S/C23H21ClO4/c1-14-2-3-17(15-4-6-18(24)7-5-15)12-19(14)21-20(25)13-28-23(22(21)26)16-8-10-27-11-9-16/h2-7,12,26H,8-11,13H2,1H3. The molecule has 5 heteroatoms. The summed E-state index contributed by atoms with van der Waals surface area (Å²) in [7, 11) is 0. The molecule has 0 atom stereocenters. The van der Waals surface area contributed by atoms with E-state index in [0.29, 0.717) is 42.4 Å². The molecule has 0 aliphatic carbocycles. The Morgan fingerprint density at radius 1 is 1.00 bits per heavy atom. The summed E-state index contributed by atoms with van der Waals surface area (Å²) < 4.78 is 11.0. The van der Waals surface area contributed by atoms with Crippen LogP contribution < -0.4 is 0 Å². The Hall–Kier alpha value is -2.56. The molecule has 0 spiro atoms. The minimum Gasteiger partial charge on any atom is -0.504 e. The monoisotopic (exact) mass is 396 g/mol. The fourth-order valence-electron chi connectivity index (χ4n) is 3.63. The van der Waals surface area contributed by atoms with Crippen molar-refractivity contribution in [3.63, 3.8) is 0 Å². The quantitative estimate of drug-likeness (QED) is 0.753. The van der Waals surface area contributed by atoms with Crippen LogP contribution in [0.1, 0.15) is 24.0 Å². The third-order valence-electron chi connectivity index (χ3n) is 5.18. The number of rotatable bonds is 2. The molecule has 2 aromatic rings. The van der Waals surface area contributed by atoms with Gasteiger partial charge in [-0.05, 0) is 65.8 Å². The van der Waals surface area contributed by atoms with Gasteiger partial charge in [0.2, 0.25) is 5.78 Å². The van der Waals surface area contributed by atoms with E-state index in [9.17, 15) is 9.90 Å². The lowest BCUT2D eigenvalue weighted by Gasteiger charge is -2.25. The van der Waals surface area contributed by atoms with E-state index in [4.69, 9.17) is 21.1 Å². The van der Waals surface area contributed by atoms with Crippen LogP contribution in [-0.4, -0.2) is 30.7 Å². The van der Waals surface area contributed by atoms with Crippen LogP contribution in [0, 0.1) is 6.92 Å². The van der Waals surface area contributed by atoms with Crippen LogP contribution >= 0.6 is 11.6 Å². The topological polar surface area (TPSA) is 55.8 Å². The number of benzene rings is 2. The summed E-state index contributed by atoms with van der Waals surface area (Å²) in [5, 5.41) is 11.6. The summed E-state index contributed by atoms with van der Waals surface area (Å²) in [4.78, 5) is 12.7. The highest BCUT2D eigenvalue weighted by atomic mass is 35.5. The highest BCUT2D eigenvalue weighted by Crippen LogP contribution is 2.35. The summed E-state index contributed by atoms with van der Waals surface area (Å²) in [6.07, 6.45) is 1.40. The maximum atomic E-state index is 12.7. The van der Waals surface area contributed by atoms with E-state index in [0.717, 1.165) is 27.8 Å². The van der Waals surface area contributed by atoms with Gasteiger partial charge >= 0.3 is 0 Å². The normalized spacial score (nSPS) is 17.7. The van der Waals surface area contributed by atoms with Gasteiger partial charge in [-0.3, -0.25) is 4.79 Å². The van der Waals surface area contributed by atoms with E-state index in [1.54, 1.807) is 0 Å². The lowest BCUT2D eigenvalue weighted by atomic mass is 9.90. The van der Waals surface area contributed by atoms with Crippen LogP contribution in [0.3, 0.4) is 0 Å². The molecule has 0 unspecified atom stereocenters. The van der Waals surface area contributed by atoms with Crippen molar-refractivity contribution in [2.24, 2.45) is 0 Å². The molecule has 0 radical (unpaired) electrons. The van der Waals surface area contributed by atoms with E-state index >= 15 is 0 Å². The molecule has 4 rings (SSSR count). The van der Waals surface area contributed by atoms with E-state index in [-0.39, 0.29) is 18.1 Å². The van der Waals surface area contributed by atoms with Gasteiger partial charge in [0, 0.05) is 5.02 Å². The molecular formula is C23H21ClO4. The van der Waals surface area contributed by atoms with E-state index in [1.165, 1.54) is 0 Å². The van der Waals surface area contributed by atoms with Crippen LogP contribution in [0.5, 0.6) is 0 Å². The molecule has 1 saturated heterocycles.